The number of halogens is 2. The lowest BCUT2D eigenvalue weighted by Gasteiger charge is -2.05. The SMILES string of the molecule is Fc1cc(OCc2ccsc2)ccc1Br. The van der Waals surface area contributed by atoms with Crippen LogP contribution >= 0.6 is 27.3 Å². The van der Waals surface area contributed by atoms with Gasteiger partial charge in [0.15, 0.2) is 0 Å². The highest BCUT2D eigenvalue weighted by Crippen LogP contribution is 2.21. The first-order valence-corrected chi connectivity index (χ1v) is 6.08. The Labute approximate surface area is 99.6 Å². The van der Waals surface area contributed by atoms with Gasteiger partial charge in [0.25, 0.3) is 0 Å². The maximum atomic E-state index is 13.1. The lowest BCUT2D eigenvalue weighted by Crippen LogP contribution is -1.94. The van der Waals surface area contributed by atoms with Gasteiger partial charge in [-0.05, 0) is 50.5 Å². The van der Waals surface area contributed by atoms with E-state index in [0.717, 1.165) is 5.56 Å². The Morgan fingerprint density at radius 1 is 1.33 bits per heavy atom. The van der Waals surface area contributed by atoms with Crippen LogP contribution in [0.5, 0.6) is 5.75 Å². The number of thiophene rings is 1. The van der Waals surface area contributed by atoms with Gasteiger partial charge in [-0.25, -0.2) is 4.39 Å². The van der Waals surface area contributed by atoms with E-state index in [1.165, 1.54) is 6.07 Å². The van der Waals surface area contributed by atoms with E-state index < -0.39 is 0 Å². The van der Waals surface area contributed by atoms with Crippen molar-refractivity contribution in [3.63, 3.8) is 0 Å². The summed E-state index contributed by atoms with van der Waals surface area (Å²) in [5, 5.41) is 4.00. The second-order valence-corrected chi connectivity index (χ2v) is 4.63. The summed E-state index contributed by atoms with van der Waals surface area (Å²) in [7, 11) is 0. The van der Waals surface area contributed by atoms with Gasteiger partial charge in [-0.2, -0.15) is 11.3 Å². The molecule has 0 fully saturated rings. The zero-order valence-electron chi connectivity index (χ0n) is 7.74. The lowest BCUT2D eigenvalue weighted by atomic mass is 10.3. The van der Waals surface area contributed by atoms with Crippen molar-refractivity contribution in [1.29, 1.82) is 0 Å². The molecule has 0 spiro atoms. The van der Waals surface area contributed by atoms with Gasteiger partial charge in [0, 0.05) is 6.07 Å². The summed E-state index contributed by atoms with van der Waals surface area (Å²) >= 11 is 4.71. The monoisotopic (exact) mass is 286 g/mol. The summed E-state index contributed by atoms with van der Waals surface area (Å²) in [5.74, 6) is 0.236. The van der Waals surface area contributed by atoms with Gasteiger partial charge in [0.05, 0.1) is 4.47 Å². The Morgan fingerprint density at radius 3 is 2.87 bits per heavy atom. The molecule has 4 heteroatoms. The summed E-state index contributed by atoms with van der Waals surface area (Å²) in [4.78, 5) is 0. The number of ether oxygens (including phenoxy) is 1. The second kappa shape index (κ2) is 4.77. The number of hydrogen-bond acceptors (Lipinski definition) is 2. The molecule has 1 aromatic carbocycles. The first kappa shape index (κ1) is 10.6. The van der Waals surface area contributed by atoms with Gasteiger partial charge >= 0.3 is 0 Å². The fourth-order valence-corrected chi connectivity index (χ4v) is 2.01. The summed E-state index contributed by atoms with van der Waals surface area (Å²) in [6.45, 7) is 0.477. The third-order valence-corrected chi connectivity index (χ3v) is 3.25. The van der Waals surface area contributed by atoms with Gasteiger partial charge in [-0.15, -0.1) is 0 Å². The largest absolute Gasteiger partial charge is 0.489 e. The molecule has 0 N–H and O–H groups in total. The number of hydrogen-bond donors (Lipinski definition) is 0. The van der Waals surface area contributed by atoms with Crippen LogP contribution in [-0.2, 0) is 6.61 Å². The average Bonchev–Trinajstić information content (AvgIpc) is 2.73. The van der Waals surface area contributed by atoms with Crippen LogP contribution in [0.3, 0.4) is 0 Å². The minimum atomic E-state index is -0.308. The molecule has 2 aromatic rings. The second-order valence-electron chi connectivity index (χ2n) is 3.00. The average molecular weight is 287 g/mol. The third kappa shape index (κ3) is 2.79. The van der Waals surface area contributed by atoms with Crippen molar-refractivity contribution in [3.8, 4) is 5.75 Å². The van der Waals surface area contributed by atoms with E-state index >= 15 is 0 Å². The number of benzene rings is 1. The van der Waals surface area contributed by atoms with Crippen LogP contribution < -0.4 is 4.74 Å². The molecule has 1 heterocycles. The third-order valence-electron chi connectivity index (χ3n) is 1.88. The van der Waals surface area contributed by atoms with E-state index in [1.54, 1.807) is 23.5 Å². The molecule has 0 aliphatic carbocycles. The Kier molecular flexibility index (Phi) is 3.38. The standard InChI is InChI=1S/C11H8BrFOS/c12-10-2-1-9(5-11(10)13)14-6-8-3-4-15-7-8/h1-5,7H,6H2. The molecular weight excluding hydrogens is 279 g/mol. The molecule has 0 unspecified atom stereocenters. The van der Waals surface area contributed by atoms with Crippen molar-refractivity contribution in [3.05, 3.63) is 50.9 Å². The van der Waals surface area contributed by atoms with Gasteiger partial charge in [0.1, 0.15) is 18.2 Å². The molecule has 0 amide bonds. The Balaban J connectivity index is 2.02. The fourth-order valence-electron chi connectivity index (χ4n) is 1.11. The highest BCUT2D eigenvalue weighted by atomic mass is 79.9. The van der Waals surface area contributed by atoms with Gasteiger partial charge < -0.3 is 4.74 Å². The van der Waals surface area contributed by atoms with E-state index in [9.17, 15) is 4.39 Å². The normalized spacial score (nSPS) is 10.3. The van der Waals surface area contributed by atoms with Crippen LogP contribution in [0.15, 0.2) is 39.5 Å². The molecular formula is C11H8BrFOS. The van der Waals surface area contributed by atoms with E-state index in [-0.39, 0.29) is 5.82 Å². The molecule has 1 aromatic heterocycles. The summed E-state index contributed by atoms with van der Waals surface area (Å²) in [6.07, 6.45) is 0. The molecule has 0 saturated heterocycles. The molecule has 0 atom stereocenters. The minimum absolute atomic E-state index is 0.308. The van der Waals surface area contributed by atoms with Crippen molar-refractivity contribution in [2.45, 2.75) is 6.61 Å². The maximum Gasteiger partial charge on any atom is 0.141 e. The summed E-state index contributed by atoms with van der Waals surface area (Å²) in [6, 6.07) is 6.73. The van der Waals surface area contributed by atoms with Gasteiger partial charge in [0.2, 0.25) is 0 Å². The van der Waals surface area contributed by atoms with Crippen LogP contribution in [0, 0.1) is 5.82 Å². The molecule has 0 aliphatic heterocycles. The Hall–Kier alpha value is -0.870. The van der Waals surface area contributed by atoms with Crippen LogP contribution in [0.2, 0.25) is 0 Å². The summed E-state index contributed by atoms with van der Waals surface area (Å²) < 4.78 is 19.0. The van der Waals surface area contributed by atoms with Crippen LogP contribution in [0.25, 0.3) is 0 Å². The fraction of sp³-hybridized carbons (Fsp3) is 0.0909. The topological polar surface area (TPSA) is 9.23 Å². The van der Waals surface area contributed by atoms with Crippen molar-refractivity contribution in [2.24, 2.45) is 0 Å². The minimum Gasteiger partial charge on any atom is -0.489 e. The first-order chi connectivity index (χ1) is 7.25. The highest BCUT2D eigenvalue weighted by Gasteiger charge is 2.01. The zero-order chi connectivity index (χ0) is 10.7. The predicted octanol–water partition coefficient (Wildman–Crippen LogP) is 4.23. The Morgan fingerprint density at radius 2 is 2.20 bits per heavy atom. The van der Waals surface area contributed by atoms with Crippen molar-refractivity contribution >= 4 is 27.3 Å². The molecule has 0 bridgehead atoms. The van der Waals surface area contributed by atoms with Crippen LogP contribution in [0.1, 0.15) is 5.56 Å². The number of rotatable bonds is 3. The smallest absolute Gasteiger partial charge is 0.141 e. The van der Waals surface area contributed by atoms with E-state index in [0.29, 0.717) is 16.8 Å². The van der Waals surface area contributed by atoms with Crippen LogP contribution in [-0.4, -0.2) is 0 Å². The molecule has 0 aliphatic rings. The van der Waals surface area contributed by atoms with Crippen LogP contribution in [0.4, 0.5) is 4.39 Å². The van der Waals surface area contributed by atoms with Crippen molar-refractivity contribution in [1.82, 2.24) is 0 Å². The molecule has 0 saturated carbocycles. The highest BCUT2D eigenvalue weighted by molar-refractivity contribution is 9.10. The van der Waals surface area contributed by atoms with Crippen molar-refractivity contribution < 1.29 is 9.13 Å². The molecule has 78 valence electrons. The zero-order valence-corrected chi connectivity index (χ0v) is 10.1. The first-order valence-electron chi connectivity index (χ1n) is 4.34. The predicted molar refractivity (Wildman–Crippen MR) is 62.8 cm³/mol. The van der Waals surface area contributed by atoms with E-state index in [1.807, 2.05) is 16.8 Å². The molecule has 15 heavy (non-hydrogen) atoms. The van der Waals surface area contributed by atoms with E-state index in [4.69, 9.17) is 4.74 Å². The van der Waals surface area contributed by atoms with Crippen molar-refractivity contribution in [2.75, 3.05) is 0 Å². The lowest BCUT2D eigenvalue weighted by molar-refractivity contribution is 0.305. The summed E-state index contributed by atoms with van der Waals surface area (Å²) in [5.41, 5.74) is 1.10. The maximum absolute atomic E-state index is 13.1. The van der Waals surface area contributed by atoms with E-state index in [2.05, 4.69) is 15.9 Å². The molecule has 0 radical (unpaired) electrons. The Bertz CT molecular complexity index is 442. The molecule has 1 nitrogen and oxygen atoms in total. The quantitative estimate of drug-likeness (QED) is 0.821. The van der Waals surface area contributed by atoms with Gasteiger partial charge in [-0.3, -0.25) is 0 Å². The van der Waals surface area contributed by atoms with Gasteiger partial charge in [-0.1, -0.05) is 0 Å². The molecule has 2 rings (SSSR count).